The third-order valence-electron chi connectivity index (χ3n) is 3.12. The largest absolute Gasteiger partial charge is 0.494 e. The van der Waals surface area contributed by atoms with Crippen molar-refractivity contribution in [2.24, 2.45) is 0 Å². The van der Waals surface area contributed by atoms with Gasteiger partial charge in [-0.05, 0) is 31.5 Å². The number of nitrogens with one attached hydrogen (secondary N) is 1. The zero-order valence-electron chi connectivity index (χ0n) is 12.9. The minimum Gasteiger partial charge on any atom is -0.494 e. The van der Waals surface area contributed by atoms with Crippen LogP contribution in [0.4, 0.5) is 5.69 Å². The van der Waals surface area contributed by atoms with E-state index < -0.39 is 0 Å². The second-order valence-electron chi connectivity index (χ2n) is 4.89. The molecule has 0 saturated heterocycles. The number of benzene rings is 2. The third kappa shape index (κ3) is 5.11. The smallest absolute Gasteiger partial charge is 0.237 e. The molecule has 0 unspecified atom stereocenters. The molecule has 0 bridgehead atoms. The molecule has 0 spiro atoms. The van der Waals surface area contributed by atoms with Crippen molar-refractivity contribution in [3.05, 3.63) is 60.2 Å². The summed E-state index contributed by atoms with van der Waals surface area (Å²) in [5, 5.41) is 2.82. The molecule has 0 fully saturated rings. The van der Waals surface area contributed by atoms with Gasteiger partial charge in [0.1, 0.15) is 5.75 Å². The van der Waals surface area contributed by atoms with E-state index in [1.165, 1.54) is 5.56 Å². The first-order valence-electron chi connectivity index (χ1n) is 7.38. The minimum atomic E-state index is -0.115. The van der Waals surface area contributed by atoms with Crippen LogP contribution in [0.25, 0.3) is 0 Å². The van der Waals surface area contributed by atoms with Crippen LogP contribution in [0, 0.1) is 0 Å². The molecule has 3 nitrogen and oxygen atoms in total. The lowest BCUT2D eigenvalue weighted by atomic mass is 10.2. The zero-order chi connectivity index (χ0) is 15.8. The SMILES string of the molecule is CCOc1cccc(NC(=O)[C@@H](C)SCc2ccccc2)c1. The molecule has 2 rings (SSSR count). The fourth-order valence-electron chi connectivity index (χ4n) is 1.95. The first kappa shape index (κ1) is 16.4. The van der Waals surface area contributed by atoms with Gasteiger partial charge in [0.2, 0.25) is 5.91 Å². The summed E-state index contributed by atoms with van der Waals surface area (Å²) >= 11 is 1.63. The van der Waals surface area contributed by atoms with E-state index in [-0.39, 0.29) is 11.2 Å². The summed E-state index contributed by atoms with van der Waals surface area (Å²) in [6, 6.07) is 17.6. The van der Waals surface area contributed by atoms with Crippen molar-refractivity contribution in [2.75, 3.05) is 11.9 Å². The summed E-state index contributed by atoms with van der Waals surface area (Å²) in [7, 11) is 0. The van der Waals surface area contributed by atoms with Crippen LogP contribution >= 0.6 is 11.8 Å². The molecule has 0 saturated carbocycles. The molecule has 2 aromatic carbocycles. The van der Waals surface area contributed by atoms with Gasteiger partial charge in [-0.3, -0.25) is 4.79 Å². The number of anilines is 1. The summed E-state index contributed by atoms with van der Waals surface area (Å²) in [6.07, 6.45) is 0. The fourth-order valence-corrected chi connectivity index (χ4v) is 2.79. The lowest BCUT2D eigenvalue weighted by Gasteiger charge is -2.13. The molecule has 0 aliphatic heterocycles. The van der Waals surface area contributed by atoms with Crippen molar-refractivity contribution >= 4 is 23.4 Å². The van der Waals surface area contributed by atoms with Gasteiger partial charge in [-0.2, -0.15) is 0 Å². The fraction of sp³-hybridized carbons (Fsp3) is 0.278. The number of amides is 1. The Hall–Kier alpha value is -1.94. The maximum Gasteiger partial charge on any atom is 0.237 e. The Bertz CT molecular complexity index is 601. The Morgan fingerprint density at radius 2 is 1.95 bits per heavy atom. The second kappa shape index (κ2) is 8.49. The van der Waals surface area contributed by atoms with Crippen molar-refractivity contribution in [1.82, 2.24) is 0 Å². The monoisotopic (exact) mass is 315 g/mol. The molecule has 22 heavy (non-hydrogen) atoms. The number of ether oxygens (including phenoxy) is 1. The molecular formula is C18H21NO2S. The van der Waals surface area contributed by atoms with Crippen molar-refractivity contribution < 1.29 is 9.53 Å². The Morgan fingerprint density at radius 1 is 1.18 bits per heavy atom. The van der Waals surface area contributed by atoms with Crippen molar-refractivity contribution in [3.63, 3.8) is 0 Å². The average molecular weight is 315 g/mol. The van der Waals surface area contributed by atoms with E-state index in [1.54, 1.807) is 11.8 Å². The molecule has 1 amide bonds. The van der Waals surface area contributed by atoms with E-state index in [9.17, 15) is 4.79 Å². The molecule has 0 aromatic heterocycles. The Kier molecular flexibility index (Phi) is 6.34. The molecule has 4 heteroatoms. The van der Waals surface area contributed by atoms with Gasteiger partial charge < -0.3 is 10.1 Å². The van der Waals surface area contributed by atoms with Crippen LogP contribution in [-0.2, 0) is 10.5 Å². The van der Waals surface area contributed by atoms with E-state index in [4.69, 9.17) is 4.74 Å². The molecule has 0 aliphatic carbocycles. The molecule has 0 heterocycles. The maximum absolute atomic E-state index is 12.2. The number of carbonyl (C=O) groups excluding carboxylic acids is 1. The first-order chi connectivity index (χ1) is 10.7. The van der Waals surface area contributed by atoms with Crippen LogP contribution in [0.1, 0.15) is 19.4 Å². The normalized spacial score (nSPS) is 11.7. The minimum absolute atomic E-state index is 0.00887. The van der Waals surface area contributed by atoms with Gasteiger partial charge in [-0.25, -0.2) is 0 Å². The standard InChI is InChI=1S/C18H21NO2S/c1-3-21-17-11-7-10-16(12-17)19-18(20)14(2)22-13-15-8-5-4-6-9-15/h4-12,14H,3,13H2,1-2H3,(H,19,20)/t14-/m1/s1. The summed E-state index contributed by atoms with van der Waals surface area (Å²) < 4.78 is 5.44. The van der Waals surface area contributed by atoms with Crippen LogP contribution in [0.3, 0.4) is 0 Å². The topological polar surface area (TPSA) is 38.3 Å². The van der Waals surface area contributed by atoms with Crippen LogP contribution in [0.2, 0.25) is 0 Å². The maximum atomic E-state index is 12.2. The van der Waals surface area contributed by atoms with Gasteiger partial charge in [0, 0.05) is 17.5 Å². The van der Waals surface area contributed by atoms with Gasteiger partial charge >= 0.3 is 0 Å². The van der Waals surface area contributed by atoms with E-state index >= 15 is 0 Å². The number of rotatable bonds is 7. The predicted molar refractivity (Wildman–Crippen MR) is 93.4 cm³/mol. The zero-order valence-corrected chi connectivity index (χ0v) is 13.7. The van der Waals surface area contributed by atoms with Gasteiger partial charge in [0.05, 0.1) is 11.9 Å². The van der Waals surface area contributed by atoms with Gasteiger partial charge in [0.15, 0.2) is 0 Å². The average Bonchev–Trinajstić information content (AvgIpc) is 2.54. The molecule has 2 aromatic rings. The number of thioether (sulfide) groups is 1. The van der Waals surface area contributed by atoms with Crippen LogP contribution in [0.15, 0.2) is 54.6 Å². The molecule has 0 aliphatic rings. The summed E-state index contributed by atoms with van der Waals surface area (Å²) in [5.74, 6) is 1.61. The number of hydrogen-bond acceptors (Lipinski definition) is 3. The van der Waals surface area contributed by atoms with E-state index in [0.717, 1.165) is 17.2 Å². The highest BCUT2D eigenvalue weighted by molar-refractivity contribution is 7.99. The van der Waals surface area contributed by atoms with E-state index in [2.05, 4.69) is 17.4 Å². The number of hydrogen-bond donors (Lipinski definition) is 1. The summed E-state index contributed by atoms with van der Waals surface area (Å²) in [5.41, 5.74) is 1.99. The van der Waals surface area contributed by atoms with Gasteiger partial charge in [0.25, 0.3) is 0 Å². The highest BCUT2D eigenvalue weighted by atomic mass is 32.2. The predicted octanol–water partition coefficient (Wildman–Crippen LogP) is 4.35. The highest BCUT2D eigenvalue weighted by Gasteiger charge is 2.13. The third-order valence-corrected chi connectivity index (χ3v) is 4.34. The summed E-state index contributed by atoms with van der Waals surface area (Å²) in [6.45, 7) is 4.48. The molecule has 1 N–H and O–H groups in total. The Morgan fingerprint density at radius 3 is 2.68 bits per heavy atom. The highest BCUT2D eigenvalue weighted by Crippen LogP contribution is 2.21. The Balaban J connectivity index is 1.87. The van der Waals surface area contributed by atoms with Crippen LogP contribution in [-0.4, -0.2) is 17.8 Å². The lowest BCUT2D eigenvalue weighted by Crippen LogP contribution is -2.22. The molecule has 116 valence electrons. The van der Waals surface area contributed by atoms with Crippen LogP contribution in [0.5, 0.6) is 5.75 Å². The van der Waals surface area contributed by atoms with Crippen molar-refractivity contribution in [2.45, 2.75) is 24.9 Å². The molecule has 0 radical (unpaired) electrons. The van der Waals surface area contributed by atoms with E-state index in [1.807, 2.05) is 56.3 Å². The van der Waals surface area contributed by atoms with Crippen molar-refractivity contribution in [3.8, 4) is 5.75 Å². The van der Waals surface area contributed by atoms with Gasteiger partial charge in [-0.1, -0.05) is 36.4 Å². The van der Waals surface area contributed by atoms with E-state index in [0.29, 0.717) is 6.61 Å². The summed E-state index contributed by atoms with van der Waals surface area (Å²) in [4.78, 5) is 12.2. The second-order valence-corrected chi connectivity index (χ2v) is 6.22. The quantitative estimate of drug-likeness (QED) is 0.825. The molecule has 1 atom stereocenters. The number of carbonyl (C=O) groups is 1. The van der Waals surface area contributed by atoms with Gasteiger partial charge in [-0.15, -0.1) is 11.8 Å². The lowest BCUT2D eigenvalue weighted by molar-refractivity contribution is -0.115. The van der Waals surface area contributed by atoms with Crippen molar-refractivity contribution in [1.29, 1.82) is 0 Å². The first-order valence-corrected chi connectivity index (χ1v) is 8.43. The van der Waals surface area contributed by atoms with Crippen LogP contribution < -0.4 is 10.1 Å². The molecular weight excluding hydrogens is 294 g/mol. The Labute approximate surface area is 136 Å².